The van der Waals surface area contributed by atoms with Crippen LogP contribution in [0, 0.1) is 5.92 Å². The molecule has 1 fully saturated rings. The number of fused-ring (bicyclic) bond motifs is 1. The van der Waals surface area contributed by atoms with Crippen LogP contribution >= 0.6 is 11.8 Å². The zero-order valence-corrected chi connectivity index (χ0v) is 17.0. The van der Waals surface area contributed by atoms with Crippen LogP contribution in [0.3, 0.4) is 0 Å². The number of aromatic nitrogens is 4. The first-order valence-corrected chi connectivity index (χ1v) is 10.7. The van der Waals surface area contributed by atoms with Crippen molar-refractivity contribution in [1.82, 2.24) is 24.7 Å². The van der Waals surface area contributed by atoms with Gasteiger partial charge in [-0.15, -0.1) is 27.1 Å². The van der Waals surface area contributed by atoms with Crippen LogP contribution in [0.1, 0.15) is 18.4 Å². The summed E-state index contributed by atoms with van der Waals surface area (Å²) in [6, 6.07) is 12.3. The lowest BCUT2D eigenvalue weighted by Crippen LogP contribution is -2.41. The molecule has 146 valence electrons. The molecule has 0 aliphatic carbocycles. The Morgan fingerprint density at radius 3 is 2.64 bits per heavy atom. The van der Waals surface area contributed by atoms with Gasteiger partial charge in [-0.3, -0.25) is 4.79 Å². The summed E-state index contributed by atoms with van der Waals surface area (Å²) in [7, 11) is 1.90. The monoisotopic (exact) mass is 396 g/mol. The summed E-state index contributed by atoms with van der Waals surface area (Å²) in [5.74, 6) is 1.21. The molecule has 1 saturated heterocycles. The van der Waals surface area contributed by atoms with Crippen LogP contribution in [0.15, 0.2) is 47.6 Å². The molecule has 0 bridgehead atoms. The highest BCUT2D eigenvalue weighted by Gasteiger charge is 2.28. The van der Waals surface area contributed by atoms with Gasteiger partial charge in [0.05, 0.1) is 0 Å². The highest BCUT2D eigenvalue weighted by Crippen LogP contribution is 2.24. The van der Waals surface area contributed by atoms with Crippen LogP contribution < -0.4 is 4.90 Å². The van der Waals surface area contributed by atoms with Crippen LogP contribution in [0.4, 0.5) is 5.82 Å². The zero-order valence-electron chi connectivity index (χ0n) is 16.2. The van der Waals surface area contributed by atoms with E-state index in [2.05, 4.69) is 50.7 Å². The predicted octanol–water partition coefficient (Wildman–Crippen LogP) is 2.72. The van der Waals surface area contributed by atoms with E-state index >= 15 is 0 Å². The topological polar surface area (TPSA) is 66.6 Å². The Bertz CT molecular complexity index is 949. The van der Waals surface area contributed by atoms with Crippen molar-refractivity contribution in [2.24, 2.45) is 5.92 Å². The van der Waals surface area contributed by atoms with Gasteiger partial charge in [0.25, 0.3) is 0 Å². The van der Waals surface area contributed by atoms with E-state index < -0.39 is 0 Å². The molecule has 28 heavy (non-hydrogen) atoms. The molecule has 2 aromatic heterocycles. The van der Waals surface area contributed by atoms with Crippen molar-refractivity contribution in [1.29, 1.82) is 0 Å². The van der Waals surface area contributed by atoms with Gasteiger partial charge in [-0.25, -0.2) is 0 Å². The van der Waals surface area contributed by atoms with Crippen molar-refractivity contribution in [2.45, 2.75) is 24.3 Å². The summed E-state index contributed by atoms with van der Waals surface area (Å²) >= 11 is 1.73. The second-order valence-corrected chi connectivity index (χ2v) is 8.01. The lowest BCUT2D eigenvalue weighted by molar-refractivity contribution is -0.135. The molecular weight excluding hydrogens is 372 g/mol. The number of benzene rings is 1. The van der Waals surface area contributed by atoms with Crippen molar-refractivity contribution in [3.05, 3.63) is 48.3 Å². The SMILES string of the molecule is CSc1ccc(CN(C)C(=O)C2CCN(c3ccc4nncn4n3)CC2)cc1. The Morgan fingerprint density at radius 1 is 1.18 bits per heavy atom. The number of piperidine rings is 1. The van der Waals surface area contributed by atoms with E-state index in [4.69, 9.17) is 0 Å². The third kappa shape index (κ3) is 3.96. The van der Waals surface area contributed by atoms with Crippen molar-refractivity contribution in [3.63, 3.8) is 0 Å². The molecule has 3 heterocycles. The normalized spacial score (nSPS) is 15.1. The Kier molecular flexibility index (Phi) is 5.47. The molecule has 0 radical (unpaired) electrons. The number of anilines is 1. The number of amides is 1. The number of carbonyl (C=O) groups is 1. The number of carbonyl (C=O) groups excluding carboxylic acids is 1. The average Bonchev–Trinajstić information content (AvgIpc) is 3.22. The van der Waals surface area contributed by atoms with Gasteiger partial charge in [0.1, 0.15) is 12.1 Å². The molecule has 4 rings (SSSR count). The van der Waals surface area contributed by atoms with E-state index in [0.29, 0.717) is 6.54 Å². The summed E-state index contributed by atoms with van der Waals surface area (Å²) in [4.78, 5) is 18.2. The van der Waals surface area contributed by atoms with Crippen LogP contribution in [0.5, 0.6) is 0 Å². The minimum absolute atomic E-state index is 0.0744. The first kappa shape index (κ1) is 18.7. The maximum Gasteiger partial charge on any atom is 0.225 e. The lowest BCUT2D eigenvalue weighted by Gasteiger charge is -2.33. The standard InChI is InChI=1S/C20H24N6OS/c1-24(13-15-3-5-17(28-2)6-4-15)20(27)16-9-11-25(12-10-16)19-8-7-18-22-21-14-26(18)23-19/h3-8,14,16H,9-13H2,1-2H3. The van der Waals surface area contributed by atoms with E-state index in [-0.39, 0.29) is 11.8 Å². The van der Waals surface area contributed by atoms with Crippen LogP contribution in [-0.4, -0.2) is 57.0 Å². The van der Waals surface area contributed by atoms with E-state index in [0.717, 1.165) is 43.0 Å². The second-order valence-electron chi connectivity index (χ2n) is 7.13. The van der Waals surface area contributed by atoms with Gasteiger partial charge in [-0.2, -0.15) is 4.52 Å². The van der Waals surface area contributed by atoms with E-state index in [1.54, 1.807) is 22.6 Å². The smallest absolute Gasteiger partial charge is 0.225 e. The minimum atomic E-state index is 0.0744. The van der Waals surface area contributed by atoms with Crippen LogP contribution in [0.2, 0.25) is 0 Å². The lowest BCUT2D eigenvalue weighted by atomic mass is 9.95. The number of nitrogens with zero attached hydrogens (tertiary/aromatic N) is 6. The first-order chi connectivity index (χ1) is 13.6. The summed E-state index contributed by atoms with van der Waals surface area (Å²) in [6.07, 6.45) is 5.36. The molecule has 7 nitrogen and oxygen atoms in total. The van der Waals surface area contributed by atoms with Gasteiger partial charge >= 0.3 is 0 Å². The zero-order chi connectivity index (χ0) is 19.5. The fourth-order valence-corrected chi connectivity index (χ4v) is 4.05. The number of hydrogen-bond acceptors (Lipinski definition) is 6. The van der Waals surface area contributed by atoms with Gasteiger partial charge in [-0.05, 0) is 48.9 Å². The molecule has 1 aliphatic rings. The maximum atomic E-state index is 12.9. The first-order valence-electron chi connectivity index (χ1n) is 9.44. The molecule has 0 atom stereocenters. The third-order valence-corrected chi connectivity index (χ3v) is 6.01. The molecule has 0 N–H and O–H groups in total. The molecular formula is C20H24N6OS. The highest BCUT2D eigenvalue weighted by molar-refractivity contribution is 7.98. The molecule has 3 aromatic rings. The van der Waals surface area contributed by atoms with E-state index in [1.165, 1.54) is 4.90 Å². The van der Waals surface area contributed by atoms with Crippen molar-refractivity contribution >= 4 is 29.1 Å². The van der Waals surface area contributed by atoms with Crippen LogP contribution in [0.25, 0.3) is 5.65 Å². The van der Waals surface area contributed by atoms with E-state index in [9.17, 15) is 4.79 Å². The van der Waals surface area contributed by atoms with Crippen molar-refractivity contribution < 1.29 is 4.79 Å². The summed E-state index contributed by atoms with van der Waals surface area (Å²) in [5, 5.41) is 12.4. The largest absolute Gasteiger partial charge is 0.355 e. The van der Waals surface area contributed by atoms with Crippen LogP contribution in [-0.2, 0) is 11.3 Å². The maximum absolute atomic E-state index is 12.9. The van der Waals surface area contributed by atoms with Gasteiger partial charge in [0.15, 0.2) is 5.65 Å². The molecule has 1 aliphatic heterocycles. The second kappa shape index (κ2) is 8.18. The average molecular weight is 397 g/mol. The summed E-state index contributed by atoms with van der Waals surface area (Å²) in [6.45, 7) is 2.31. The summed E-state index contributed by atoms with van der Waals surface area (Å²) in [5.41, 5.74) is 1.90. The fraction of sp³-hybridized carbons (Fsp3) is 0.400. The molecule has 8 heteroatoms. The molecule has 0 spiro atoms. The molecule has 1 aromatic carbocycles. The Balaban J connectivity index is 1.33. The van der Waals surface area contributed by atoms with Gasteiger partial charge in [-0.1, -0.05) is 12.1 Å². The molecule has 0 unspecified atom stereocenters. The fourth-order valence-electron chi connectivity index (χ4n) is 3.64. The van der Waals surface area contributed by atoms with Gasteiger partial charge in [0.2, 0.25) is 5.91 Å². The Morgan fingerprint density at radius 2 is 1.93 bits per heavy atom. The Hall–Kier alpha value is -2.61. The van der Waals surface area contributed by atoms with Crippen molar-refractivity contribution in [3.8, 4) is 0 Å². The molecule has 1 amide bonds. The quantitative estimate of drug-likeness (QED) is 0.618. The van der Waals surface area contributed by atoms with Gasteiger partial charge < -0.3 is 9.80 Å². The number of hydrogen-bond donors (Lipinski definition) is 0. The number of thioether (sulfide) groups is 1. The van der Waals surface area contributed by atoms with Crippen molar-refractivity contribution in [2.75, 3.05) is 31.3 Å². The Labute approximate surface area is 168 Å². The third-order valence-electron chi connectivity index (χ3n) is 5.27. The predicted molar refractivity (Wildman–Crippen MR) is 110 cm³/mol. The van der Waals surface area contributed by atoms with Gasteiger partial charge in [0, 0.05) is 37.5 Å². The van der Waals surface area contributed by atoms with E-state index in [1.807, 2.05) is 24.1 Å². The molecule has 0 saturated carbocycles. The number of rotatable bonds is 5. The minimum Gasteiger partial charge on any atom is -0.355 e. The highest BCUT2D eigenvalue weighted by atomic mass is 32.2. The summed E-state index contributed by atoms with van der Waals surface area (Å²) < 4.78 is 1.68.